The van der Waals surface area contributed by atoms with Crippen LogP contribution < -0.4 is 5.32 Å². The van der Waals surface area contributed by atoms with Gasteiger partial charge in [-0.1, -0.05) is 13.0 Å². The first-order valence-electron chi connectivity index (χ1n) is 6.12. The molecule has 1 heterocycles. The Balaban J connectivity index is 2.13. The number of nitrogens with zero attached hydrogens (tertiary/aromatic N) is 1. The SMILES string of the molecule is CCCNCc1cnc(-c2ccc(C)cc2F)s1. The van der Waals surface area contributed by atoms with Gasteiger partial charge in [-0.2, -0.15) is 0 Å². The maximum Gasteiger partial charge on any atom is 0.133 e. The van der Waals surface area contributed by atoms with Crippen LogP contribution in [0.1, 0.15) is 23.8 Å². The Labute approximate surface area is 111 Å². The third kappa shape index (κ3) is 3.15. The lowest BCUT2D eigenvalue weighted by Crippen LogP contribution is -2.12. The number of hydrogen-bond acceptors (Lipinski definition) is 3. The normalized spacial score (nSPS) is 10.8. The van der Waals surface area contributed by atoms with Crippen LogP contribution in [0.15, 0.2) is 24.4 Å². The Morgan fingerprint density at radius 1 is 1.39 bits per heavy atom. The molecule has 0 bridgehead atoms. The van der Waals surface area contributed by atoms with Crippen molar-refractivity contribution >= 4 is 11.3 Å². The second-order valence-corrected chi connectivity index (χ2v) is 5.41. The van der Waals surface area contributed by atoms with E-state index in [0.29, 0.717) is 5.56 Å². The van der Waals surface area contributed by atoms with E-state index in [1.54, 1.807) is 23.5 Å². The van der Waals surface area contributed by atoms with Crippen LogP contribution in [0, 0.1) is 12.7 Å². The molecule has 0 aliphatic heterocycles. The van der Waals surface area contributed by atoms with E-state index >= 15 is 0 Å². The van der Waals surface area contributed by atoms with Crippen LogP contribution in [0.3, 0.4) is 0 Å². The van der Waals surface area contributed by atoms with E-state index in [9.17, 15) is 4.39 Å². The highest BCUT2D eigenvalue weighted by molar-refractivity contribution is 7.15. The second kappa shape index (κ2) is 6.07. The predicted octanol–water partition coefficient (Wildman–Crippen LogP) is 3.76. The van der Waals surface area contributed by atoms with Gasteiger partial charge in [0.15, 0.2) is 0 Å². The third-order valence-corrected chi connectivity index (χ3v) is 3.67. The summed E-state index contributed by atoms with van der Waals surface area (Å²) in [6.45, 7) is 5.81. The van der Waals surface area contributed by atoms with Crippen molar-refractivity contribution in [3.63, 3.8) is 0 Å². The van der Waals surface area contributed by atoms with E-state index in [4.69, 9.17) is 0 Å². The smallest absolute Gasteiger partial charge is 0.133 e. The molecule has 0 saturated heterocycles. The molecular formula is C14H17FN2S. The van der Waals surface area contributed by atoms with Crippen LogP contribution in [0.2, 0.25) is 0 Å². The molecule has 0 atom stereocenters. The van der Waals surface area contributed by atoms with Crippen molar-refractivity contribution in [2.45, 2.75) is 26.8 Å². The minimum atomic E-state index is -0.197. The lowest BCUT2D eigenvalue weighted by Gasteiger charge is -2.00. The van der Waals surface area contributed by atoms with Crippen LogP contribution in [0.4, 0.5) is 4.39 Å². The fourth-order valence-corrected chi connectivity index (χ4v) is 2.60. The number of benzene rings is 1. The summed E-state index contributed by atoms with van der Waals surface area (Å²) in [6.07, 6.45) is 2.93. The van der Waals surface area contributed by atoms with Crippen LogP contribution in [0.5, 0.6) is 0 Å². The number of rotatable bonds is 5. The summed E-state index contributed by atoms with van der Waals surface area (Å²) in [6, 6.07) is 5.26. The van der Waals surface area contributed by atoms with Crippen molar-refractivity contribution in [1.29, 1.82) is 0 Å². The second-order valence-electron chi connectivity index (χ2n) is 4.29. The molecule has 0 unspecified atom stereocenters. The zero-order valence-corrected chi connectivity index (χ0v) is 11.5. The molecule has 1 N–H and O–H groups in total. The molecule has 0 saturated carbocycles. The van der Waals surface area contributed by atoms with Crippen molar-refractivity contribution in [3.05, 3.63) is 40.7 Å². The molecular weight excluding hydrogens is 247 g/mol. The average molecular weight is 264 g/mol. The van der Waals surface area contributed by atoms with Crippen LogP contribution in [-0.2, 0) is 6.54 Å². The minimum absolute atomic E-state index is 0.197. The largest absolute Gasteiger partial charge is 0.312 e. The quantitative estimate of drug-likeness (QED) is 0.832. The highest BCUT2D eigenvalue weighted by Gasteiger charge is 2.09. The zero-order chi connectivity index (χ0) is 13.0. The van der Waals surface area contributed by atoms with Crippen LogP contribution >= 0.6 is 11.3 Å². The van der Waals surface area contributed by atoms with Crippen molar-refractivity contribution in [3.8, 4) is 10.6 Å². The Bertz CT molecular complexity index is 522. The van der Waals surface area contributed by atoms with Crippen LogP contribution in [-0.4, -0.2) is 11.5 Å². The highest BCUT2D eigenvalue weighted by atomic mass is 32.1. The highest BCUT2D eigenvalue weighted by Crippen LogP contribution is 2.27. The fourth-order valence-electron chi connectivity index (χ4n) is 1.70. The standard InChI is InChI=1S/C14H17FN2S/c1-3-6-16-8-11-9-17-14(18-11)12-5-4-10(2)7-13(12)15/h4-5,7,9,16H,3,6,8H2,1-2H3. The maximum absolute atomic E-state index is 13.8. The van der Waals surface area contributed by atoms with Gasteiger partial charge in [0.25, 0.3) is 0 Å². The predicted molar refractivity (Wildman–Crippen MR) is 74.2 cm³/mol. The number of aryl methyl sites for hydroxylation is 1. The number of hydrogen-bond donors (Lipinski definition) is 1. The fraction of sp³-hybridized carbons (Fsp3) is 0.357. The molecule has 1 aromatic carbocycles. The molecule has 0 spiro atoms. The summed E-state index contributed by atoms with van der Waals surface area (Å²) in [4.78, 5) is 5.43. The van der Waals surface area contributed by atoms with E-state index in [1.165, 1.54) is 0 Å². The zero-order valence-electron chi connectivity index (χ0n) is 10.7. The average Bonchev–Trinajstić information content (AvgIpc) is 2.78. The molecule has 2 aromatic rings. The molecule has 2 rings (SSSR count). The van der Waals surface area contributed by atoms with Crippen molar-refractivity contribution in [1.82, 2.24) is 10.3 Å². The Kier molecular flexibility index (Phi) is 4.44. The van der Waals surface area contributed by atoms with Gasteiger partial charge in [-0.3, -0.25) is 0 Å². The van der Waals surface area contributed by atoms with Gasteiger partial charge in [-0.05, 0) is 37.6 Å². The number of halogens is 1. The van der Waals surface area contributed by atoms with Gasteiger partial charge in [-0.15, -0.1) is 11.3 Å². The van der Waals surface area contributed by atoms with Gasteiger partial charge in [-0.25, -0.2) is 9.37 Å². The monoisotopic (exact) mass is 264 g/mol. The minimum Gasteiger partial charge on any atom is -0.312 e. The van der Waals surface area contributed by atoms with E-state index in [2.05, 4.69) is 17.2 Å². The molecule has 96 valence electrons. The first kappa shape index (κ1) is 13.2. The lowest BCUT2D eigenvalue weighted by molar-refractivity contribution is 0.630. The number of nitrogens with one attached hydrogen (secondary N) is 1. The Morgan fingerprint density at radius 3 is 2.94 bits per heavy atom. The molecule has 0 aliphatic carbocycles. The van der Waals surface area contributed by atoms with E-state index in [-0.39, 0.29) is 5.82 Å². The van der Waals surface area contributed by atoms with Crippen molar-refractivity contribution < 1.29 is 4.39 Å². The van der Waals surface area contributed by atoms with E-state index < -0.39 is 0 Å². The molecule has 0 amide bonds. The molecule has 0 aliphatic rings. The summed E-state index contributed by atoms with van der Waals surface area (Å²) < 4.78 is 13.8. The number of aromatic nitrogens is 1. The van der Waals surface area contributed by atoms with E-state index in [0.717, 1.165) is 35.0 Å². The Morgan fingerprint density at radius 2 is 2.22 bits per heavy atom. The van der Waals surface area contributed by atoms with Gasteiger partial charge in [0.2, 0.25) is 0 Å². The topological polar surface area (TPSA) is 24.9 Å². The van der Waals surface area contributed by atoms with Crippen LogP contribution in [0.25, 0.3) is 10.6 Å². The number of thiazole rings is 1. The van der Waals surface area contributed by atoms with Crippen molar-refractivity contribution in [2.24, 2.45) is 0 Å². The first-order valence-corrected chi connectivity index (χ1v) is 6.94. The third-order valence-electron chi connectivity index (χ3n) is 2.63. The molecule has 1 aromatic heterocycles. The van der Waals surface area contributed by atoms with Gasteiger partial charge >= 0.3 is 0 Å². The first-order chi connectivity index (χ1) is 8.70. The molecule has 0 radical (unpaired) electrons. The summed E-state index contributed by atoms with van der Waals surface area (Å²) in [5.41, 5.74) is 1.52. The van der Waals surface area contributed by atoms with E-state index in [1.807, 2.05) is 19.2 Å². The lowest BCUT2D eigenvalue weighted by atomic mass is 10.1. The van der Waals surface area contributed by atoms with Gasteiger partial charge in [0.05, 0.1) is 0 Å². The Hall–Kier alpha value is -1.26. The summed E-state index contributed by atoms with van der Waals surface area (Å²) in [5, 5.41) is 4.07. The summed E-state index contributed by atoms with van der Waals surface area (Å²) >= 11 is 1.54. The summed E-state index contributed by atoms with van der Waals surface area (Å²) in [5.74, 6) is -0.197. The molecule has 0 fully saturated rings. The van der Waals surface area contributed by atoms with Gasteiger partial charge in [0.1, 0.15) is 10.8 Å². The van der Waals surface area contributed by atoms with Gasteiger partial charge < -0.3 is 5.32 Å². The molecule has 18 heavy (non-hydrogen) atoms. The maximum atomic E-state index is 13.8. The summed E-state index contributed by atoms with van der Waals surface area (Å²) in [7, 11) is 0. The van der Waals surface area contributed by atoms with Gasteiger partial charge in [0, 0.05) is 23.2 Å². The molecule has 2 nitrogen and oxygen atoms in total. The molecule has 4 heteroatoms. The van der Waals surface area contributed by atoms with Crippen molar-refractivity contribution in [2.75, 3.05) is 6.54 Å².